The number of hydrogen-bond acceptors (Lipinski definition) is 4. The maximum Gasteiger partial charge on any atom is 0.174 e. The largest absolute Gasteiger partial charge is 0.388 e. The highest BCUT2D eigenvalue weighted by molar-refractivity contribution is 5.80. The molecule has 1 aromatic rings. The molecule has 72 valence electrons. The number of allylic oxidation sites excluding steroid dienone is 2. The van der Waals surface area contributed by atoms with Gasteiger partial charge >= 0.3 is 0 Å². The summed E-state index contributed by atoms with van der Waals surface area (Å²) < 4.78 is 0. The van der Waals surface area contributed by atoms with Crippen LogP contribution in [0.2, 0.25) is 0 Å². The van der Waals surface area contributed by atoms with Gasteiger partial charge in [-0.2, -0.15) is 10.5 Å². The van der Waals surface area contributed by atoms with Gasteiger partial charge in [-0.05, 0) is 5.56 Å². The smallest absolute Gasteiger partial charge is 0.174 e. The topological polar surface area (TPSA) is 86.0 Å². The van der Waals surface area contributed by atoms with Crippen LogP contribution in [0.1, 0.15) is 5.56 Å². The zero-order valence-electron chi connectivity index (χ0n) is 7.88. The molecule has 1 rings (SSSR count). The van der Waals surface area contributed by atoms with Crippen molar-refractivity contribution in [1.82, 2.24) is 0 Å². The van der Waals surface area contributed by atoms with E-state index in [4.69, 9.17) is 16.3 Å². The first-order chi connectivity index (χ1) is 7.27. The molecular formula is C11H8N4. The summed E-state index contributed by atoms with van der Waals surface area (Å²) in [6.07, 6.45) is 1.49. The highest BCUT2D eigenvalue weighted by atomic mass is 14.8. The van der Waals surface area contributed by atoms with Crippen molar-refractivity contribution in [3.8, 4) is 12.1 Å². The summed E-state index contributed by atoms with van der Waals surface area (Å²) in [7, 11) is 0. The summed E-state index contributed by atoms with van der Waals surface area (Å²) in [5.41, 5.74) is 5.87. The van der Waals surface area contributed by atoms with E-state index < -0.39 is 0 Å². The molecule has 1 aromatic carbocycles. The van der Waals surface area contributed by atoms with Crippen molar-refractivity contribution in [2.75, 3.05) is 0 Å². The van der Waals surface area contributed by atoms with Gasteiger partial charge in [0.05, 0.1) is 0 Å². The van der Waals surface area contributed by atoms with Crippen molar-refractivity contribution >= 4 is 6.21 Å². The first-order valence-electron chi connectivity index (χ1n) is 4.17. The van der Waals surface area contributed by atoms with Gasteiger partial charge in [0.15, 0.2) is 5.70 Å². The lowest BCUT2D eigenvalue weighted by Gasteiger charge is -1.91. The third-order valence-electron chi connectivity index (χ3n) is 1.62. The fourth-order valence-electron chi connectivity index (χ4n) is 0.890. The van der Waals surface area contributed by atoms with E-state index in [1.165, 1.54) is 6.21 Å². The van der Waals surface area contributed by atoms with Crippen LogP contribution in [0.15, 0.2) is 46.7 Å². The van der Waals surface area contributed by atoms with Crippen LogP contribution in [0, 0.1) is 22.7 Å². The molecule has 0 saturated heterocycles. The Hall–Kier alpha value is -2.59. The molecule has 4 heteroatoms. The number of nitriles is 2. The van der Waals surface area contributed by atoms with Crippen molar-refractivity contribution in [2.45, 2.75) is 0 Å². The minimum absolute atomic E-state index is 0.0682. The van der Waals surface area contributed by atoms with E-state index in [1.807, 2.05) is 30.3 Å². The predicted molar refractivity (Wildman–Crippen MR) is 56.5 cm³/mol. The summed E-state index contributed by atoms with van der Waals surface area (Å²) in [4.78, 5) is 3.83. The summed E-state index contributed by atoms with van der Waals surface area (Å²) in [5, 5.41) is 17.1. The molecule has 0 bridgehead atoms. The van der Waals surface area contributed by atoms with Crippen molar-refractivity contribution in [3.05, 3.63) is 47.3 Å². The minimum Gasteiger partial charge on any atom is -0.388 e. The summed E-state index contributed by atoms with van der Waals surface area (Å²) in [6, 6.07) is 12.7. The number of hydrogen-bond donors (Lipinski definition) is 1. The third-order valence-corrected chi connectivity index (χ3v) is 1.62. The van der Waals surface area contributed by atoms with Gasteiger partial charge in [-0.1, -0.05) is 30.3 Å². The Morgan fingerprint density at radius 1 is 1.20 bits per heavy atom. The Morgan fingerprint density at radius 3 is 2.40 bits per heavy atom. The third kappa shape index (κ3) is 2.98. The summed E-state index contributed by atoms with van der Waals surface area (Å²) >= 11 is 0. The van der Waals surface area contributed by atoms with E-state index in [-0.39, 0.29) is 11.4 Å². The van der Waals surface area contributed by atoms with E-state index in [2.05, 4.69) is 4.99 Å². The Bertz CT molecular complexity index is 472. The molecule has 0 saturated carbocycles. The van der Waals surface area contributed by atoms with Crippen LogP contribution in [0.4, 0.5) is 0 Å². The predicted octanol–water partition coefficient (Wildman–Crippen LogP) is 1.32. The van der Waals surface area contributed by atoms with Crippen LogP contribution >= 0.6 is 0 Å². The number of aliphatic imine (C=N–C) groups is 1. The van der Waals surface area contributed by atoms with Crippen LogP contribution in [-0.2, 0) is 0 Å². The number of nitrogens with two attached hydrogens (primary N) is 1. The van der Waals surface area contributed by atoms with Gasteiger partial charge in [-0.25, -0.2) is 4.99 Å². The molecule has 2 N–H and O–H groups in total. The zero-order chi connectivity index (χ0) is 11.1. The maximum atomic E-state index is 8.65. The van der Waals surface area contributed by atoms with Gasteiger partial charge in [0.1, 0.15) is 17.8 Å². The molecule has 0 aliphatic rings. The number of nitrogens with zero attached hydrogens (tertiary/aromatic N) is 3. The standard InChI is InChI=1S/C11H8N4/c12-6-10(14)11(7-13)15-8-9-4-2-1-3-5-9/h1-5,8H,14H2/b11-10-,15-8?. The zero-order valence-corrected chi connectivity index (χ0v) is 7.88. The minimum atomic E-state index is -0.176. The van der Waals surface area contributed by atoms with Gasteiger partial charge in [-0.15, -0.1) is 0 Å². The molecule has 0 aliphatic carbocycles. The second-order valence-corrected chi connectivity index (χ2v) is 2.65. The van der Waals surface area contributed by atoms with Gasteiger partial charge < -0.3 is 5.73 Å². The Labute approximate surface area is 87.6 Å². The molecule has 0 aromatic heterocycles. The lowest BCUT2D eigenvalue weighted by molar-refractivity contribution is 1.27. The highest BCUT2D eigenvalue weighted by Crippen LogP contribution is 2.00. The molecular weight excluding hydrogens is 188 g/mol. The average Bonchev–Trinajstić information content (AvgIpc) is 2.31. The lowest BCUT2D eigenvalue weighted by atomic mass is 10.2. The Morgan fingerprint density at radius 2 is 1.87 bits per heavy atom. The Balaban J connectivity index is 2.93. The van der Waals surface area contributed by atoms with Crippen molar-refractivity contribution in [3.63, 3.8) is 0 Å². The van der Waals surface area contributed by atoms with E-state index in [0.717, 1.165) is 5.56 Å². The molecule has 0 unspecified atom stereocenters. The van der Waals surface area contributed by atoms with Gasteiger partial charge in [-0.3, -0.25) is 0 Å². The SMILES string of the molecule is N#C/C(N)=C(\C#N)N=Cc1ccccc1. The van der Waals surface area contributed by atoms with Gasteiger partial charge in [0.25, 0.3) is 0 Å². The molecule has 0 atom stereocenters. The van der Waals surface area contributed by atoms with E-state index in [9.17, 15) is 0 Å². The fourth-order valence-corrected chi connectivity index (χ4v) is 0.890. The number of rotatable bonds is 2. The molecule has 0 heterocycles. The van der Waals surface area contributed by atoms with E-state index in [0.29, 0.717) is 0 Å². The van der Waals surface area contributed by atoms with E-state index in [1.54, 1.807) is 12.1 Å². The second-order valence-electron chi connectivity index (χ2n) is 2.65. The molecule has 0 radical (unpaired) electrons. The number of benzene rings is 1. The van der Waals surface area contributed by atoms with Crippen molar-refractivity contribution in [1.29, 1.82) is 10.5 Å². The first kappa shape index (κ1) is 10.5. The highest BCUT2D eigenvalue weighted by Gasteiger charge is 1.97. The molecule has 0 aliphatic heterocycles. The molecule has 0 fully saturated rings. The van der Waals surface area contributed by atoms with Gasteiger partial charge in [0, 0.05) is 6.21 Å². The van der Waals surface area contributed by atoms with Crippen LogP contribution in [-0.4, -0.2) is 6.21 Å². The first-order valence-corrected chi connectivity index (χ1v) is 4.17. The monoisotopic (exact) mass is 196 g/mol. The van der Waals surface area contributed by atoms with Crippen LogP contribution in [0.5, 0.6) is 0 Å². The molecule has 15 heavy (non-hydrogen) atoms. The van der Waals surface area contributed by atoms with Crippen LogP contribution in [0.25, 0.3) is 0 Å². The van der Waals surface area contributed by atoms with E-state index >= 15 is 0 Å². The van der Waals surface area contributed by atoms with Crippen LogP contribution < -0.4 is 5.73 Å². The Kier molecular flexibility index (Phi) is 3.64. The summed E-state index contributed by atoms with van der Waals surface area (Å²) in [6.45, 7) is 0. The average molecular weight is 196 g/mol. The summed E-state index contributed by atoms with van der Waals surface area (Å²) in [5.74, 6) is 0. The molecule has 0 amide bonds. The normalized spacial score (nSPS) is 11.6. The maximum absolute atomic E-state index is 8.65. The van der Waals surface area contributed by atoms with Crippen molar-refractivity contribution < 1.29 is 0 Å². The molecule has 0 spiro atoms. The lowest BCUT2D eigenvalue weighted by Crippen LogP contribution is -1.97. The molecule has 4 nitrogen and oxygen atoms in total. The van der Waals surface area contributed by atoms with Crippen molar-refractivity contribution in [2.24, 2.45) is 10.7 Å². The fraction of sp³-hybridized carbons (Fsp3) is 0. The second kappa shape index (κ2) is 5.21. The van der Waals surface area contributed by atoms with Crippen LogP contribution in [0.3, 0.4) is 0 Å². The van der Waals surface area contributed by atoms with Gasteiger partial charge in [0.2, 0.25) is 0 Å². The quantitative estimate of drug-likeness (QED) is 0.571.